The van der Waals surface area contributed by atoms with Gasteiger partial charge in [-0.1, -0.05) is 19.4 Å². The summed E-state index contributed by atoms with van der Waals surface area (Å²) in [5.41, 5.74) is 1.68. The maximum absolute atomic E-state index is 12.6. The van der Waals surface area contributed by atoms with Crippen molar-refractivity contribution < 1.29 is 22.7 Å². The molecular weight excluding hydrogens is 382 g/mol. The van der Waals surface area contributed by atoms with E-state index in [9.17, 15) is 18.0 Å². The summed E-state index contributed by atoms with van der Waals surface area (Å²) in [5.74, 6) is -0.981. The Bertz CT molecular complexity index is 983. The highest BCUT2D eigenvalue weighted by molar-refractivity contribution is 7.91. The second kappa shape index (κ2) is 8.30. The molecular formula is C19H25N3O5S. The fourth-order valence-electron chi connectivity index (χ4n) is 3.39. The molecule has 1 fully saturated rings. The number of esters is 1. The molecule has 1 atom stereocenters. The number of aromatic nitrogens is 2. The molecule has 0 spiro atoms. The Labute approximate surface area is 164 Å². The van der Waals surface area contributed by atoms with E-state index in [0.29, 0.717) is 18.6 Å². The molecule has 0 N–H and O–H groups in total. The van der Waals surface area contributed by atoms with Gasteiger partial charge in [-0.15, -0.1) is 0 Å². The number of hydrogen-bond donors (Lipinski definition) is 0. The number of hydrogen-bond acceptors (Lipinski definition) is 6. The minimum atomic E-state index is -3.11. The van der Waals surface area contributed by atoms with Crippen molar-refractivity contribution in [3.05, 3.63) is 35.8 Å². The van der Waals surface area contributed by atoms with E-state index in [2.05, 4.69) is 4.98 Å². The average Bonchev–Trinajstić information content (AvgIpc) is 3.24. The lowest BCUT2D eigenvalue weighted by molar-refractivity contribution is -0.136. The van der Waals surface area contributed by atoms with Crippen LogP contribution in [0.15, 0.2) is 24.4 Å². The van der Waals surface area contributed by atoms with E-state index in [1.165, 1.54) is 0 Å². The average molecular weight is 407 g/mol. The van der Waals surface area contributed by atoms with Gasteiger partial charge in [-0.3, -0.25) is 4.79 Å². The standard InChI is InChI=1S/C19H25N3O5S/c1-3-4-9-21(15-8-10-28(25,26)13-15)18(23)12-27-19(24)16-11-22-14(2)6-5-7-17(22)20-16/h5-7,11,15H,3-4,8-10,12-13H2,1-2H3. The van der Waals surface area contributed by atoms with Gasteiger partial charge in [0.25, 0.3) is 5.91 Å². The summed E-state index contributed by atoms with van der Waals surface area (Å²) < 4.78 is 30.5. The fraction of sp³-hybridized carbons (Fsp3) is 0.526. The third-order valence-electron chi connectivity index (χ3n) is 4.95. The van der Waals surface area contributed by atoms with E-state index in [1.807, 2.05) is 26.0 Å². The van der Waals surface area contributed by atoms with E-state index in [1.54, 1.807) is 21.6 Å². The SMILES string of the molecule is CCCCN(C(=O)COC(=O)c1cn2c(C)cccc2n1)C1CCS(=O)(=O)C1. The minimum Gasteiger partial charge on any atom is -0.451 e. The van der Waals surface area contributed by atoms with Gasteiger partial charge < -0.3 is 14.0 Å². The number of amides is 1. The van der Waals surface area contributed by atoms with Crippen molar-refractivity contribution in [2.75, 3.05) is 24.7 Å². The number of aryl methyl sites for hydroxylation is 1. The van der Waals surface area contributed by atoms with Gasteiger partial charge in [-0.2, -0.15) is 0 Å². The normalized spacial score (nSPS) is 18.3. The number of carbonyl (C=O) groups excluding carboxylic acids is 2. The van der Waals surface area contributed by atoms with Crippen molar-refractivity contribution in [3.8, 4) is 0 Å². The zero-order valence-corrected chi connectivity index (χ0v) is 16.9. The minimum absolute atomic E-state index is 0.0257. The summed E-state index contributed by atoms with van der Waals surface area (Å²) >= 11 is 0. The Morgan fingerprint density at radius 3 is 2.79 bits per heavy atom. The molecule has 0 saturated carbocycles. The number of nitrogens with zero attached hydrogens (tertiary/aromatic N) is 3. The molecule has 3 rings (SSSR count). The first kappa shape index (κ1) is 20.3. The second-order valence-electron chi connectivity index (χ2n) is 7.10. The van der Waals surface area contributed by atoms with Gasteiger partial charge in [0.15, 0.2) is 22.1 Å². The Morgan fingerprint density at radius 1 is 1.36 bits per heavy atom. The molecule has 1 aliphatic rings. The predicted octanol–water partition coefficient (Wildman–Crippen LogP) is 1.62. The number of rotatable bonds is 7. The van der Waals surface area contributed by atoms with Gasteiger partial charge in [-0.05, 0) is 31.9 Å². The lowest BCUT2D eigenvalue weighted by Gasteiger charge is -2.28. The highest BCUT2D eigenvalue weighted by Gasteiger charge is 2.34. The van der Waals surface area contributed by atoms with E-state index >= 15 is 0 Å². The molecule has 3 heterocycles. The van der Waals surface area contributed by atoms with E-state index in [-0.39, 0.29) is 29.1 Å². The zero-order chi connectivity index (χ0) is 20.3. The molecule has 2 aromatic rings. The summed E-state index contributed by atoms with van der Waals surface area (Å²) in [7, 11) is -3.11. The fourth-order valence-corrected chi connectivity index (χ4v) is 5.12. The predicted molar refractivity (Wildman–Crippen MR) is 104 cm³/mol. The van der Waals surface area contributed by atoms with Crippen LogP contribution in [0.25, 0.3) is 5.65 Å². The van der Waals surface area contributed by atoms with Crippen LogP contribution in [0.3, 0.4) is 0 Å². The molecule has 0 bridgehead atoms. The largest absolute Gasteiger partial charge is 0.451 e. The molecule has 152 valence electrons. The topological polar surface area (TPSA) is 98.0 Å². The van der Waals surface area contributed by atoms with Gasteiger partial charge in [0.1, 0.15) is 5.65 Å². The number of imidazole rings is 1. The van der Waals surface area contributed by atoms with E-state index < -0.39 is 22.4 Å². The molecule has 2 aromatic heterocycles. The van der Waals surface area contributed by atoms with Crippen molar-refractivity contribution in [2.24, 2.45) is 0 Å². The van der Waals surface area contributed by atoms with Crippen LogP contribution in [-0.2, 0) is 19.4 Å². The molecule has 8 nitrogen and oxygen atoms in total. The van der Waals surface area contributed by atoms with Crippen molar-refractivity contribution in [1.29, 1.82) is 0 Å². The number of unbranched alkanes of at least 4 members (excludes halogenated alkanes) is 1. The second-order valence-corrected chi connectivity index (χ2v) is 9.32. The summed E-state index contributed by atoms with van der Waals surface area (Å²) in [6.45, 7) is 3.93. The monoisotopic (exact) mass is 407 g/mol. The van der Waals surface area contributed by atoms with Crippen LogP contribution >= 0.6 is 0 Å². The smallest absolute Gasteiger partial charge is 0.359 e. The summed E-state index contributed by atoms with van der Waals surface area (Å²) in [6.07, 6.45) is 3.65. The number of fused-ring (bicyclic) bond motifs is 1. The molecule has 1 amide bonds. The zero-order valence-electron chi connectivity index (χ0n) is 16.1. The number of pyridine rings is 1. The summed E-state index contributed by atoms with van der Waals surface area (Å²) in [5, 5.41) is 0. The maximum Gasteiger partial charge on any atom is 0.359 e. The van der Waals surface area contributed by atoms with Crippen LogP contribution in [0.2, 0.25) is 0 Å². The van der Waals surface area contributed by atoms with Crippen LogP contribution < -0.4 is 0 Å². The van der Waals surface area contributed by atoms with Crippen LogP contribution in [0.1, 0.15) is 42.4 Å². The van der Waals surface area contributed by atoms with E-state index in [0.717, 1.165) is 18.5 Å². The highest BCUT2D eigenvalue weighted by Crippen LogP contribution is 2.19. The van der Waals surface area contributed by atoms with Gasteiger partial charge in [-0.25, -0.2) is 18.2 Å². The van der Waals surface area contributed by atoms with Crippen LogP contribution in [0.4, 0.5) is 0 Å². The molecule has 0 aliphatic carbocycles. The highest BCUT2D eigenvalue weighted by atomic mass is 32.2. The molecule has 9 heteroatoms. The molecule has 1 saturated heterocycles. The summed E-state index contributed by atoms with van der Waals surface area (Å²) in [4.78, 5) is 30.7. The Morgan fingerprint density at radius 2 is 2.14 bits per heavy atom. The van der Waals surface area contributed by atoms with Gasteiger partial charge in [0, 0.05) is 24.5 Å². The van der Waals surface area contributed by atoms with Crippen LogP contribution in [-0.4, -0.2) is 65.3 Å². The maximum atomic E-state index is 12.6. The number of carbonyl (C=O) groups is 2. The van der Waals surface area contributed by atoms with E-state index in [4.69, 9.17) is 4.74 Å². The Hall–Kier alpha value is -2.42. The molecule has 1 aliphatic heterocycles. The molecule has 28 heavy (non-hydrogen) atoms. The van der Waals surface area contributed by atoms with Gasteiger partial charge in [0.05, 0.1) is 11.5 Å². The van der Waals surface area contributed by atoms with Crippen molar-refractivity contribution in [2.45, 2.75) is 39.2 Å². The van der Waals surface area contributed by atoms with Crippen LogP contribution in [0.5, 0.6) is 0 Å². The Kier molecular flexibility index (Phi) is 6.02. The number of ether oxygens (including phenoxy) is 1. The van der Waals surface area contributed by atoms with Crippen molar-refractivity contribution in [1.82, 2.24) is 14.3 Å². The first-order valence-corrected chi connectivity index (χ1v) is 11.2. The number of sulfone groups is 1. The molecule has 0 aromatic carbocycles. The van der Waals surface area contributed by atoms with Gasteiger partial charge in [0.2, 0.25) is 0 Å². The van der Waals surface area contributed by atoms with Gasteiger partial charge >= 0.3 is 5.97 Å². The molecule has 1 unspecified atom stereocenters. The third-order valence-corrected chi connectivity index (χ3v) is 6.70. The quantitative estimate of drug-likeness (QED) is 0.647. The summed E-state index contributed by atoms with van der Waals surface area (Å²) in [6, 6.07) is 5.18. The molecule has 0 radical (unpaired) electrons. The lowest BCUT2D eigenvalue weighted by Crippen LogP contribution is -2.43. The lowest BCUT2D eigenvalue weighted by atomic mass is 10.2. The third kappa shape index (κ3) is 4.52. The Balaban J connectivity index is 1.65. The first-order chi connectivity index (χ1) is 13.3. The van der Waals surface area contributed by atoms with Crippen LogP contribution in [0, 0.1) is 6.92 Å². The van der Waals surface area contributed by atoms with Crippen molar-refractivity contribution in [3.63, 3.8) is 0 Å². The first-order valence-electron chi connectivity index (χ1n) is 9.42. The van der Waals surface area contributed by atoms with Crippen molar-refractivity contribution >= 4 is 27.4 Å².